The van der Waals surface area contributed by atoms with Gasteiger partial charge >= 0.3 is 0 Å². The van der Waals surface area contributed by atoms with Gasteiger partial charge in [0.1, 0.15) is 17.4 Å². The highest BCUT2D eigenvalue weighted by atomic mass is 19.1. The summed E-state index contributed by atoms with van der Waals surface area (Å²) in [5.41, 5.74) is 1.66. The lowest BCUT2D eigenvalue weighted by atomic mass is 9.64. The van der Waals surface area contributed by atoms with E-state index in [-0.39, 0.29) is 17.9 Å². The summed E-state index contributed by atoms with van der Waals surface area (Å²) < 4.78 is 30.3. The summed E-state index contributed by atoms with van der Waals surface area (Å²) in [6.07, 6.45) is 1.24. The van der Waals surface area contributed by atoms with Gasteiger partial charge in [-0.2, -0.15) is 15.8 Å². The molecule has 6 heteroatoms. The third-order valence-electron chi connectivity index (χ3n) is 6.92. The first-order valence-corrected chi connectivity index (χ1v) is 11.7. The fourth-order valence-electron chi connectivity index (χ4n) is 5.20. The fraction of sp³-hybridized carbons (Fsp3) is 0.345. The molecule has 0 aromatic heterocycles. The van der Waals surface area contributed by atoms with E-state index in [2.05, 4.69) is 23.1 Å². The molecule has 1 saturated heterocycles. The second kappa shape index (κ2) is 9.83. The van der Waals surface area contributed by atoms with Crippen molar-refractivity contribution in [2.24, 2.45) is 17.3 Å². The van der Waals surface area contributed by atoms with Gasteiger partial charge in [0.25, 0.3) is 0 Å². The van der Waals surface area contributed by atoms with Gasteiger partial charge in [-0.05, 0) is 65.5 Å². The summed E-state index contributed by atoms with van der Waals surface area (Å²) in [5, 5.41) is 28.6. The summed E-state index contributed by atoms with van der Waals surface area (Å²) >= 11 is 0. The van der Waals surface area contributed by atoms with E-state index in [4.69, 9.17) is 0 Å². The van der Waals surface area contributed by atoms with E-state index < -0.39 is 17.4 Å². The quantitative estimate of drug-likeness (QED) is 0.510. The molecule has 35 heavy (non-hydrogen) atoms. The van der Waals surface area contributed by atoms with Gasteiger partial charge in [-0.15, -0.1) is 0 Å². The molecule has 0 bridgehead atoms. The van der Waals surface area contributed by atoms with Crippen molar-refractivity contribution < 1.29 is 8.78 Å². The Morgan fingerprint density at radius 1 is 1.00 bits per heavy atom. The molecule has 2 aliphatic rings. The Labute approximate surface area is 205 Å². The standard InChI is InChI=1S/C29H26F2N4/c1-19(2)10-24-12-26(30)13-29(18-34,28(24)31)25-16-35(17-25)27(22-8-6-20(14-32)7-9-22)23-5-3-4-21(11-23)15-33/h3-9,11-13,19,25,27-28H,10,16-17H2,1-2H3/t27-,28?,29-/m0/s1. The van der Waals surface area contributed by atoms with Crippen LogP contribution in [0.2, 0.25) is 0 Å². The molecular weight excluding hydrogens is 442 g/mol. The van der Waals surface area contributed by atoms with Crippen LogP contribution in [-0.2, 0) is 0 Å². The van der Waals surface area contributed by atoms with E-state index in [1.807, 2.05) is 44.2 Å². The number of rotatable bonds is 6. The Morgan fingerprint density at radius 2 is 1.69 bits per heavy atom. The Morgan fingerprint density at radius 3 is 2.29 bits per heavy atom. The van der Waals surface area contributed by atoms with Gasteiger partial charge in [0, 0.05) is 19.0 Å². The minimum atomic E-state index is -1.56. The number of halogens is 2. The summed E-state index contributed by atoms with van der Waals surface area (Å²) in [5.74, 6) is -0.795. The van der Waals surface area contributed by atoms with Crippen LogP contribution < -0.4 is 0 Å². The van der Waals surface area contributed by atoms with Gasteiger partial charge < -0.3 is 0 Å². The molecule has 3 atom stereocenters. The summed E-state index contributed by atoms with van der Waals surface area (Å²) in [7, 11) is 0. The maximum Gasteiger partial charge on any atom is 0.144 e. The summed E-state index contributed by atoms with van der Waals surface area (Å²) in [6.45, 7) is 4.68. The van der Waals surface area contributed by atoms with Crippen LogP contribution in [0.1, 0.15) is 48.6 Å². The van der Waals surface area contributed by atoms with Crippen molar-refractivity contribution in [2.45, 2.75) is 32.5 Å². The predicted octanol–water partition coefficient (Wildman–Crippen LogP) is 6.14. The number of alkyl halides is 1. The SMILES string of the molecule is CC(C)CC1=CC(F)=C[C@](C#N)(C2CN([C@@H](c3ccc(C#N)cc3)c3cccc(C#N)c3)C2)C1F. The first kappa shape index (κ1) is 24.3. The number of likely N-dealkylation sites (tertiary alicyclic amines) is 1. The number of benzene rings is 2. The first-order chi connectivity index (χ1) is 16.8. The smallest absolute Gasteiger partial charge is 0.144 e. The highest BCUT2D eigenvalue weighted by Crippen LogP contribution is 2.49. The molecule has 2 aromatic rings. The molecule has 1 aliphatic heterocycles. The lowest BCUT2D eigenvalue weighted by Gasteiger charge is -2.51. The van der Waals surface area contributed by atoms with Gasteiger partial charge in [-0.25, -0.2) is 8.78 Å². The van der Waals surface area contributed by atoms with Gasteiger partial charge in [-0.1, -0.05) is 38.1 Å². The highest BCUT2D eigenvalue weighted by Gasteiger charge is 2.54. The zero-order chi connectivity index (χ0) is 25.2. The zero-order valence-electron chi connectivity index (χ0n) is 19.7. The lowest BCUT2D eigenvalue weighted by Crippen LogP contribution is -2.58. The normalized spacial score (nSPS) is 23.3. The number of hydrogen-bond acceptors (Lipinski definition) is 4. The molecule has 176 valence electrons. The first-order valence-electron chi connectivity index (χ1n) is 11.7. The van der Waals surface area contributed by atoms with Crippen molar-refractivity contribution in [1.29, 1.82) is 15.8 Å². The Balaban J connectivity index is 1.65. The van der Waals surface area contributed by atoms with Gasteiger partial charge in [0.2, 0.25) is 0 Å². The van der Waals surface area contributed by atoms with E-state index in [1.165, 1.54) is 6.08 Å². The van der Waals surface area contributed by atoms with Crippen LogP contribution in [0.5, 0.6) is 0 Å². The van der Waals surface area contributed by atoms with Crippen molar-refractivity contribution >= 4 is 0 Å². The van der Waals surface area contributed by atoms with E-state index in [0.717, 1.165) is 17.2 Å². The number of allylic oxidation sites excluding steroid dienone is 4. The fourth-order valence-corrected chi connectivity index (χ4v) is 5.20. The van der Waals surface area contributed by atoms with Crippen molar-refractivity contribution in [3.63, 3.8) is 0 Å². The number of nitriles is 3. The van der Waals surface area contributed by atoms with Crippen LogP contribution in [0.4, 0.5) is 8.78 Å². The minimum Gasteiger partial charge on any atom is -0.292 e. The molecular formula is C29H26F2N4. The molecule has 4 rings (SSSR count). The van der Waals surface area contributed by atoms with E-state index in [9.17, 15) is 20.2 Å². The molecule has 1 aliphatic carbocycles. The van der Waals surface area contributed by atoms with Crippen molar-refractivity contribution in [3.8, 4) is 18.2 Å². The van der Waals surface area contributed by atoms with Crippen molar-refractivity contribution in [1.82, 2.24) is 4.90 Å². The third-order valence-corrected chi connectivity index (χ3v) is 6.92. The second-order valence-electron chi connectivity index (χ2n) is 9.78. The average molecular weight is 469 g/mol. The van der Waals surface area contributed by atoms with Crippen molar-refractivity contribution in [2.75, 3.05) is 13.1 Å². The summed E-state index contributed by atoms with van der Waals surface area (Å²) in [4.78, 5) is 2.11. The van der Waals surface area contributed by atoms with E-state index >= 15 is 4.39 Å². The molecule has 1 unspecified atom stereocenters. The molecule has 1 heterocycles. The zero-order valence-corrected chi connectivity index (χ0v) is 19.7. The number of nitrogens with zero attached hydrogens (tertiary/aromatic N) is 4. The molecule has 2 aromatic carbocycles. The summed E-state index contributed by atoms with van der Waals surface area (Å²) in [6, 6.07) is 20.7. The van der Waals surface area contributed by atoms with E-state index in [1.54, 1.807) is 18.2 Å². The van der Waals surface area contributed by atoms with Gasteiger partial charge in [-0.3, -0.25) is 4.90 Å². The molecule has 0 spiro atoms. The van der Waals surface area contributed by atoms with Crippen LogP contribution in [0.25, 0.3) is 0 Å². The maximum atomic E-state index is 15.7. The Bertz CT molecular complexity index is 1280. The van der Waals surface area contributed by atoms with Crippen molar-refractivity contribution in [3.05, 3.63) is 94.3 Å². The maximum absolute atomic E-state index is 15.7. The second-order valence-corrected chi connectivity index (χ2v) is 9.78. The predicted molar refractivity (Wildman–Crippen MR) is 129 cm³/mol. The van der Waals surface area contributed by atoms with Crippen LogP contribution in [0, 0.1) is 51.2 Å². The van der Waals surface area contributed by atoms with E-state index in [0.29, 0.717) is 36.2 Å². The lowest BCUT2D eigenvalue weighted by molar-refractivity contribution is -0.00443. The van der Waals surface area contributed by atoms with Crippen LogP contribution in [-0.4, -0.2) is 24.2 Å². The highest BCUT2D eigenvalue weighted by molar-refractivity contribution is 5.43. The Kier molecular flexibility index (Phi) is 6.83. The number of hydrogen-bond donors (Lipinski definition) is 0. The van der Waals surface area contributed by atoms with Crippen LogP contribution >= 0.6 is 0 Å². The topological polar surface area (TPSA) is 74.6 Å². The van der Waals surface area contributed by atoms with Gasteiger partial charge in [0.15, 0.2) is 0 Å². The Hall–Kier alpha value is -3.79. The molecule has 0 saturated carbocycles. The molecule has 4 nitrogen and oxygen atoms in total. The molecule has 0 radical (unpaired) electrons. The monoisotopic (exact) mass is 468 g/mol. The minimum absolute atomic E-state index is 0.146. The molecule has 0 N–H and O–H groups in total. The van der Waals surface area contributed by atoms with Gasteiger partial charge in [0.05, 0.1) is 35.4 Å². The third kappa shape index (κ3) is 4.61. The molecule has 0 amide bonds. The van der Waals surface area contributed by atoms with Crippen LogP contribution in [0.3, 0.4) is 0 Å². The molecule has 1 fully saturated rings. The van der Waals surface area contributed by atoms with Crippen LogP contribution in [0.15, 0.2) is 72.1 Å². The average Bonchev–Trinajstić information content (AvgIpc) is 2.83. The largest absolute Gasteiger partial charge is 0.292 e.